The molecule has 0 fully saturated rings. The van der Waals surface area contributed by atoms with Crippen LogP contribution in [0.5, 0.6) is 0 Å². The molecule has 0 aromatic heterocycles. The number of amides is 1. The summed E-state index contributed by atoms with van der Waals surface area (Å²) < 4.78 is 40.6. The number of benzene rings is 3. The Hall–Kier alpha value is -2.90. The molecule has 0 radical (unpaired) electrons. The fraction of sp³-hybridized carbons (Fsp3) is 0.136. The Labute approximate surface area is 180 Å². The van der Waals surface area contributed by atoms with Crippen molar-refractivity contribution in [1.29, 1.82) is 0 Å². The summed E-state index contributed by atoms with van der Waals surface area (Å²) in [5, 5.41) is 2.95. The number of sulfonamides is 1. The predicted molar refractivity (Wildman–Crippen MR) is 115 cm³/mol. The van der Waals surface area contributed by atoms with Crippen LogP contribution in [0.1, 0.15) is 18.5 Å². The second kappa shape index (κ2) is 9.28. The fourth-order valence-corrected chi connectivity index (χ4v) is 4.67. The summed E-state index contributed by atoms with van der Waals surface area (Å²) in [4.78, 5) is 12.8. The predicted octanol–water partition coefficient (Wildman–Crippen LogP) is 4.55. The van der Waals surface area contributed by atoms with Gasteiger partial charge in [-0.25, -0.2) is 12.8 Å². The van der Waals surface area contributed by atoms with Gasteiger partial charge in [0.25, 0.3) is 10.0 Å². The summed E-state index contributed by atoms with van der Waals surface area (Å²) in [5.74, 6) is -0.901. The van der Waals surface area contributed by atoms with Crippen LogP contribution in [-0.2, 0) is 14.8 Å². The maximum Gasteiger partial charge on any atom is 0.264 e. The smallest absolute Gasteiger partial charge is 0.264 e. The van der Waals surface area contributed by atoms with E-state index in [9.17, 15) is 17.6 Å². The lowest BCUT2D eigenvalue weighted by molar-refractivity contribution is -0.120. The molecule has 3 rings (SSSR count). The van der Waals surface area contributed by atoms with Crippen LogP contribution in [-0.4, -0.2) is 20.9 Å². The van der Waals surface area contributed by atoms with E-state index in [-0.39, 0.29) is 21.4 Å². The monoisotopic (exact) mass is 446 g/mol. The van der Waals surface area contributed by atoms with Gasteiger partial charge < -0.3 is 5.32 Å². The number of rotatable bonds is 7. The molecule has 0 bridgehead atoms. The van der Waals surface area contributed by atoms with Gasteiger partial charge in [-0.1, -0.05) is 54.1 Å². The summed E-state index contributed by atoms with van der Waals surface area (Å²) >= 11 is 6.24. The SMILES string of the molecule is C[C@H](NC(=O)CN(c1ccccc1Cl)S(=O)(=O)c1ccccc1)c1ccc(F)cc1. The topological polar surface area (TPSA) is 66.5 Å². The summed E-state index contributed by atoms with van der Waals surface area (Å²) in [5.41, 5.74) is 0.896. The molecule has 3 aromatic rings. The Morgan fingerprint density at radius 2 is 1.60 bits per heavy atom. The van der Waals surface area contributed by atoms with Crippen molar-refractivity contribution in [3.05, 3.63) is 95.3 Å². The molecule has 1 amide bonds. The number of nitrogens with zero attached hydrogens (tertiary/aromatic N) is 1. The average Bonchev–Trinajstić information content (AvgIpc) is 2.73. The number of hydrogen-bond donors (Lipinski definition) is 1. The number of carbonyl (C=O) groups is 1. The minimum Gasteiger partial charge on any atom is -0.348 e. The molecule has 0 aliphatic carbocycles. The maximum absolute atomic E-state index is 13.3. The Bertz CT molecular complexity index is 1120. The summed E-state index contributed by atoms with van der Waals surface area (Å²) in [7, 11) is -4.04. The third-order valence-electron chi connectivity index (χ3n) is 4.49. The van der Waals surface area contributed by atoms with E-state index in [1.165, 1.54) is 24.3 Å². The number of anilines is 1. The summed E-state index contributed by atoms with van der Waals surface area (Å²) in [6.45, 7) is 1.27. The van der Waals surface area contributed by atoms with Gasteiger partial charge >= 0.3 is 0 Å². The van der Waals surface area contributed by atoms with E-state index in [1.807, 2.05) is 0 Å². The van der Waals surface area contributed by atoms with Crippen molar-refractivity contribution in [1.82, 2.24) is 5.32 Å². The molecule has 0 saturated carbocycles. The molecule has 1 N–H and O–H groups in total. The molecule has 0 aliphatic rings. The quantitative estimate of drug-likeness (QED) is 0.579. The molecule has 0 heterocycles. The molecule has 156 valence electrons. The highest BCUT2D eigenvalue weighted by Gasteiger charge is 2.28. The van der Waals surface area contributed by atoms with Crippen LogP contribution in [0, 0.1) is 5.82 Å². The molecule has 0 saturated heterocycles. The van der Waals surface area contributed by atoms with Crippen LogP contribution in [0.15, 0.2) is 83.8 Å². The first-order valence-electron chi connectivity index (χ1n) is 9.16. The van der Waals surface area contributed by atoms with E-state index < -0.39 is 28.5 Å². The van der Waals surface area contributed by atoms with Crippen LogP contribution in [0.2, 0.25) is 5.02 Å². The second-order valence-electron chi connectivity index (χ2n) is 6.62. The van der Waals surface area contributed by atoms with Gasteiger partial charge in [0.05, 0.1) is 21.6 Å². The van der Waals surface area contributed by atoms with E-state index >= 15 is 0 Å². The normalized spacial score (nSPS) is 12.2. The zero-order chi connectivity index (χ0) is 21.7. The fourth-order valence-electron chi connectivity index (χ4n) is 2.93. The zero-order valence-electron chi connectivity index (χ0n) is 16.1. The van der Waals surface area contributed by atoms with Gasteiger partial charge in [0.2, 0.25) is 5.91 Å². The third kappa shape index (κ3) is 4.98. The van der Waals surface area contributed by atoms with E-state index in [2.05, 4.69) is 5.32 Å². The Morgan fingerprint density at radius 3 is 2.23 bits per heavy atom. The minimum atomic E-state index is -4.04. The number of hydrogen-bond acceptors (Lipinski definition) is 3. The minimum absolute atomic E-state index is 0.0457. The highest BCUT2D eigenvalue weighted by molar-refractivity contribution is 7.92. The highest BCUT2D eigenvalue weighted by atomic mass is 35.5. The van der Waals surface area contributed by atoms with Crippen molar-refractivity contribution in [2.24, 2.45) is 0 Å². The molecular weight excluding hydrogens is 427 g/mol. The molecule has 8 heteroatoms. The van der Waals surface area contributed by atoms with Crippen LogP contribution in [0.3, 0.4) is 0 Å². The van der Waals surface area contributed by atoms with Crippen LogP contribution in [0.4, 0.5) is 10.1 Å². The van der Waals surface area contributed by atoms with E-state index in [0.717, 1.165) is 4.31 Å². The highest BCUT2D eigenvalue weighted by Crippen LogP contribution is 2.30. The third-order valence-corrected chi connectivity index (χ3v) is 6.58. The van der Waals surface area contributed by atoms with Gasteiger partial charge in [-0.3, -0.25) is 9.10 Å². The Morgan fingerprint density at radius 1 is 1.00 bits per heavy atom. The molecule has 1 atom stereocenters. The van der Waals surface area contributed by atoms with Gasteiger partial charge in [-0.15, -0.1) is 0 Å². The first kappa shape index (κ1) is 21.8. The Balaban J connectivity index is 1.88. The molecule has 0 aliphatic heterocycles. The molecule has 0 spiro atoms. The van der Waals surface area contributed by atoms with Crippen LogP contribution in [0.25, 0.3) is 0 Å². The van der Waals surface area contributed by atoms with Crippen molar-refractivity contribution < 1.29 is 17.6 Å². The van der Waals surface area contributed by atoms with Crippen molar-refractivity contribution in [3.8, 4) is 0 Å². The van der Waals surface area contributed by atoms with Crippen LogP contribution >= 0.6 is 11.6 Å². The zero-order valence-corrected chi connectivity index (χ0v) is 17.7. The van der Waals surface area contributed by atoms with Gasteiger partial charge in [0, 0.05) is 0 Å². The van der Waals surface area contributed by atoms with E-state index in [1.54, 1.807) is 61.5 Å². The van der Waals surface area contributed by atoms with Crippen LogP contribution < -0.4 is 9.62 Å². The van der Waals surface area contributed by atoms with Crippen molar-refractivity contribution >= 4 is 33.2 Å². The second-order valence-corrected chi connectivity index (χ2v) is 8.89. The Kier molecular flexibility index (Phi) is 6.74. The standard InChI is InChI=1S/C22H20ClFN2O3S/c1-16(17-11-13-18(24)14-12-17)25-22(27)15-26(21-10-6-5-9-20(21)23)30(28,29)19-7-3-2-4-8-19/h2-14,16H,15H2,1H3,(H,25,27)/t16-/m0/s1. The van der Waals surface area contributed by atoms with Crippen molar-refractivity contribution in [2.75, 3.05) is 10.8 Å². The van der Waals surface area contributed by atoms with Gasteiger partial charge in [0.1, 0.15) is 12.4 Å². The number of nitrogens with one attached hydrogen (secondary N) is 1. The maximum atomic E-state index is 13.3. The number of carbonyl (C=O) groups excluding carboxylic acids is 1. The first-order chi connectivity index (χ1) is 14.3. The average molecular weight is 447 g/mol. The lowest BCUT2D eigenvalue weighted by Crippen LogP contribution is -2.41. The molecule has 3 aromatic carbocycles. The summed E-state index contributed by atoms with van der Waals surface area (Å²) in [6.07, 6.45) is 0. The van der Waals surface area contributed by atoms with Gasteiger partial charge in [0.15, 0.2) is 0 Å². The molecule has 0 unspecified atom stereocenters. The van der Waals surface area contributed by atoms with Crippen molar-refractivity contribution in [2.45, 2.75) is 17.9 Å². The summed E-state index contributed by atoms with van der Waals surface area (Å²) in [6, 6.07) is 19.5. The largest absolute Gasteiger partial charge is 0.348 e. The van der Waals surface area contributed by atoms with Gasteiger partial charge in [-0.2, -0.15) is 0 Å². The van der Waals surface area contributed by atoms with E-state index in [0.29, 0.717) is 5.56 Å². The lowest BCUT2D eigenvalue weighted by Gasteiger charge is -2.26. The molecular formula is C22H20ClFN2O3S. The molecule has 30 heavy (non-hydrogen) atoms. The number of halogens is 2. The van der Waals surface area contributed by atoms with E-state index in [4.69, 9.17) is 11.6 Å². The lowest BCUT2D eigenvalue weighted by atomic mass is 10.1. The molecule has 5 nitrogen and oxygen atoms in total. The van der Waals surface area contributed by atoms with Gasteiger partial charge in [-0.05, 0) is 48.9 Å². The van der Waals surface area contributed by atoms with Crippen molar-refractivity contribution in [3.63, 3.8) is 0 Å². The number of para-hydroxylation sites is 1. The first-order valence-corrected chi connectivity index (χ1v) is 11.0.